The SMILES string of the molecule is Brc1cc(N2CC3CCC2C3)ncn1. The molecule has 2 heterocycles. The Labute approximate surface area is 91.7 Å². The zero-order chi connectivity index (χ0) is 9.54. The molecule has 3 rings (SSSR count). The van der Waals surface area contributed by atoms with Gasteiger partial charge in [-0.25, -0.2) is 9.97 Å². The molecular weight excluding hydrogens is 242 g/mol. The lowest BCUT2D eigenvalue weighted by Gasteiger charge is -2.27. The molecule has 0 aromatic carbocycles. The molecule has 2 bridgehead atoms. The Morgan fingerprint density at radius 1 is 1.36 bits per heavy atom. The van der Waals surface area contributed by atoms with Gasteiger partial charge in [0.15, 0.2) is 0 Å². The number of rotatable bonds is 1. The second-order valence-corrected chi connectivity index (χ2v) is 5.00. The highest BCUT2D eigenvalue weighted by molar-refractivity contribution is 9.10. The van der Waals surface area contributed by atoms with Crippen molar-refractivity contribution < 1.29 is 0 Å². The van der Waals surface area contributed by atoms with Crippen molar-refractivity contribution in [3.05, 3.63) is 17.0 Å². The number of fused-ring (bicyclic) bond motifs is 2. The number of hydrogen-bond acceptors (Lipinski definition) is 3. The van der Waals surface area contributed by atoms with E-state index in [2.05, 4.69) is 30.8 Å². The first-order valence-corrected chi connectivity index (χ1v) is 5.86. The van der Waals surface area contributed by atoms with Crippen LogP contribution < -0.4 is 4.90 Å². The highest BCUT2D eigenvalue weighted by Crippen LogP contribution is 2.39. The maximum Gasteiger partial charge on any atom is 0.133 e. The normalized spacial score (nSPS) is 29.9. The number of halogens is 1. The van der Waals surface area contributed by atoms with Crippen LogP contribution in [0.15, 0.2) is 17.0 Å². The molecule has 2 fully saturated rings. The van der Waals surface area contributed by atoms with E-state index in [9.17, 15) is 0 Å². The van der Waals surface area contributed by atoms with Crippen molar-refractivity contribution in [2.75, 3.05) is 11.4 Å². The Morgan fingerprint density at radius 3 is 2.93 bits per heavy atom. The fourth-order valence-corrected chi connectivity index (χ4v) is 2.98. The Kier molecular flexibility index (Phi) is 1.97. The van der Waals surface area contributed by atoms with E-state index in [0.29, 0.717) is 0 Å². The first kappa shape index (κ1) is 8.65. The largest absolute Gasteiger partial charge is 0.353 e. The first-order chi connectivity index (χ1) is 6.83. The summed E-state index contributed by atoms with van der Waals surface area (Å²) in [6, 6.07) is 2.75. The zero-order valence-electron chi connectivity index (χ0n) is 7.86. The fourth-order valence-electron chi connectivity index (χ4n) is 2.69. The van der Waals surface area contributed by atoms with Gasteiger partial charge < -0.3 is 4.90 Å². The van der Waals surface area contributed by atoms with Gasteiger partial charge in [-0.1, -0.05) is 0 Å². The topological polar surface area (TPSA) is 29.0 Å². The third-order valence-corrected chi connectivity index (χ3v) is 3.76. The van der Waals surface area contributed by atoms with Crippen LogP contribution in [0.1, 0.15) is 19.3 Å². The maximum absolute atomic E-state index is 4.33. The van der Waals surface area contributed by atoms with Crippen LogP contribution in [0.2, 0.25) is 0 Å². The summed E-state index contributed by atoms with van der Waals surface area (Å²) in [5, 5.41) is 0. The number of piperidine rings is 1. The molecule has 74 valence electrons. The summed E-state index contributed by atoms with van der Waals surface area (Å²) < 4.78 is 0.880. The minimum atomic E-state index is 0.738. The van der Waals surface area contributed by atoms with Gasteiger partial charge in [0.2, 0.25) is 0 Å². The molecule has 1 saturated heterocycles. The molecule has 2 unspecified atom stereocenters. The van der Waals surface area contributed by atoms with Gasteiger partial charge in [-0.05, 0) is 41.1 Å². The van der Waals surface area contributed by atoms with Gasteiger partial charge in [-0.2, -0.15) is 0 Å². The minimum absolute atomic E-state index is 0.738. The van der Waals surface area contributed by atoms with Gasteiger partial charge in [0.1, 0.15) is 16.7 Å². The van der Waals surface area contributed by atoms with Crippen LogP contribution in [0.4, 0.5) is 5.82 Å². The Bertz CT molecular complexity index is 355. The van der Waals surface area contributed by atoms with Crippen molar-refractivity contribution in [2.24, 2.45) is 5.92 Å². The molecule has 0 spiro atoms. The van der Waals surface area contributed by atoms with E-state index in [1.807, 2.05) is 6.07 Å². The molecule has 0 amide bonds. The monoisotopic (exact) mass is 253 g/mol. The summed E-state index contributed by atoms with van der Waals surface area (Å²) in [7, 11) is 0. The smallest absolute Gasteiger partial charge is 0.133 e. The van der Waals surface area contributed by atoms with E-state index in [1.165, 1.54) is 25.8 Å². The van der Waals surface area contributed by atoms with Crippen LogP contribution in [-0.4, -0.2) is 22.6 Å². The molecule has 2 atom stereocenters. The van der Waals surface area contributed by atoms with E-state index < -0.39 is 0 Å². The molecule has 1 aliphatic heterocycles. The third kappa shape index (κ3) is 1.32. The van der Waals surface area contributed by atoms with Crippen molar-refractivity contribution in [2.45, 2.75) is 25.3 Å². The molecule has 2 aliphatic rings. The second-order valence-electron chi connectivity index (χ2n) is 4.18. The molecule has 0 radical (unpaired) electrons. The average Bonchev–Trinajstić information content (AvgIpc) is 2.78. The molecule has 14 heavy (non-hydrogen) atoms. The standard InChI is InChI=1S/C10H12BrN3/c11-9-4-10(13-6-12-9)14-5-7-1-2-8(14)3-7/h4,6-8H,1-3,5H2. The third-order valence-electron chi connectivity index (χ3n) is 3.32. The summed E-state index contributed by atoms with van der Waals surface area (Å²) in [5.74, 6) is 1.99. The summed E-state index contributed by atoms with van der Waals surface area (Å²) >= 11 is 3.38. The Balaban J connectivity index is 1.89. The quantitative estimate of drug-likeness (QED) is 0.719. The average molecular weight is 254 g/mol. The van der Waals surface area contributed by atoms with E-state index in [4.69, 9.17) is 0 Å². The first-order valence-electron chi connectivity index (χ1n) is 5.07. The predicted molar refractivity (Wildman–Crippen MR) is 58.2 cm³/mol. The maximum atomic E-state index is 4.33. The van der Waals surface area contributed by atoms with Crippen molar-refractivity contribution in [3.8, 4) is 0 Å². The van der Waals surface area contributed by atoms with Crippen LogP contribution in [0.3, 0.4) is 0 Å². The van der Waals surface area contributed by atoms with E-state index in [-0.39, 0.29) is 0 Å². The lowest BCUT2D eigenvalue weighted by molar-refractivity contribution is 0.550. The molecule has 0 N–H and O–H groups in total. The molecule has 3 nitrogen and oxygen atoms in total. The van der Waals surface area contributed by atoms with Crippen LogP contribution in [0.5, 0.6) is 0 Å². The second kappa shape index (κ2) is 3.19. The number of aromatic nitrogens is 2. The molecular formula is C10H12BrN3. The van der Waals surface area contributed by atoms with Crippen LogP contribution in [-0.2, 0) is 0 Å². The Hall–Kier alpha value is -0.640. The number of anilines is 1. The van der Waals surface area contributed by atoms with Gasteiger partial charge in [-0.3, -0.25) is 0 Å². The summed E-state index contributed by atoms with van der Waals surface area (Å²) in [6.07, 6.45) is 5.74. The summed E-state index contributed by atoms with van der Waals surface area (Å²) in [5.41, 5.74) is 0. The van der Waals surface area contributed by atoms with Crippen LogP contribution >= 0.6 is 15.9 Å². The molecule has 1 aliphatic carbocycles. The highest BCUT2D eigenvalue weighted by Gasteiger charge is 2.38. The minimum Gasteiger partial charge on any atom is -0.353 e. The van der Waals surface area contributed by atoms with Crippen molar-refractivity contribution >= 4 is 21.7 Å². The summed E-state index contributed by atoms with van der Waals surface area (Å²) in [6.45, 7) is 1.19. The molecule has 1 aromatic rings. The van der Waals surface area contributed by atoms with Gasteiger partial charge in [0.05, 0.1) is 0 Å². The molecule has 1 aromatic heterocycles. The van der Waals surface area contributed by atoms with Gasteiger partial charge >= 0.3 is 0 Å². The van der Waals surface area contributed by atoms with Crippen molar-refractivity contribution in [3.63, 3.8) is 0 Å². The fraction of sp³-hybridized carbons (Fsp3) is 0.600. The molecule has 4 heteroatoms. The van der Waals surface area contributed by atoms with Crippen molar-refractivity contribution in [1.82, 2.24) is 9.97 Å². The lowest BCUT2D eigenvalue weighted by atomic mass is 10.1. The van der Waals surface area contributed by atoms with Crippen LogP contribution in [0, 0.1) is 5.92 Å². The van der Waals surface area contributed by atoms with E-state index in [1.54, 1.807) is 6.33 Å². The Morgan fingerprint density at radius 2 is 2.29 bits per heavy atom. The highest BCUT2D eigenvalue weighted by atomic mass is 79.9. The van der Waals surface area contributed by atoms with Gasteiger partial charge in [0.25, 0.3) is 0 Å². The number of hydrogen-bond donors (Lipinski definition) is 0. The van der Waals surface area contributed by atoms with Gasteiger partial charge in [-0.15, -0.1) is 0 Å². The zero-order valence-corrected chi connectivity index (χ0v) is 9.44. The van der Waals surface area contributed by atoms with Crippen molar-refractivity contribution in [1.29, 1.82) is 0 Å². The predicted octanol–water partition coefficient (Wildman–Crippen LogP) is 2.23. The number of nitrogens with zero attached hydrogens (tertiary/aromatic N) is 3. The summed E-state index contributed by atoms with van der Waals surface area (Å²) in [4.78, 5) is 10.8. The molecule has 1 saturated carbocycles. The van der Waals surface area contributed by atoms with E-state index in [0.717, 1.165) is 22.4 Å². The lowest BCUT2D eigenvalue weighted by Crippen LogP contribution is -2.32. The van der Waals surface area contributed by atoms with E-state index >= 15 is 0 Å². The van der Waals surface area contributed by atoms with Gasteiger partial charge in [0, 0.05) is 18.7 Å². The van der Waals surface area contributed by atoms with Crippen LogP contribution in [0.25, 0.3) is 0 Å².